The fourth-order valence-electron chi connectivity index (χ4n) is 2.45. The SMILES string of the molecule is CCNC(=NCc1ccccc1CC)NCCCc1nc(C)no1. The predicted octanol–water partition coefficient (Wildman–Crippen LogP) is 2.63. The van der Waals surface area contributed by atoms with Crippen LogP contribution in [0.4, 0.5) is 0 Å². The van der Waals surface area contributed by atoms with E-state index in [4.69, 9.17) is 4.52 Å². The van der Waals surface area contributed by atoms with Crippen LogP contribution in [0.25, 0.3) is 0 Å². The molecule has 24 heavy (non-hydrogen) atoms. The third-order valence-electron chi connectivity index (χ3n) is 3.68. The first-order valence-electron chi connectivity index (χ1n) is 8.61. The van der Waals surface area contributed by atoms with E-state index >= 15 is 0 Å². The predicted molar refractivity (Wildman–Crippen MR) is 96.0 cm³/mol. The second kappa shape index (κ2) is 9.70. The minimum Gasteiger partial charge on any atom is -0.357 e. The summed E-state index contributed by atoms with van der Waals surface area (Å²) in [6.07, 6.45) is 2.71. The number of guanidine groups is 1. The Morgan fingerprint density at radius 1 is 1.17 bits per heavy atom. The van der Waals surface area contributed by atoms with Gasteiger partial charge in [-0.1, -0.05) is 36.3 Å². The smallest absolute Gasteiger partial charge is 0.226 e. The molecule has 0 aliphatic carbocycles. The lowest BCUT2D eigenvalue weighted by molar-refractivity contribution is 0.372. The topological polar surface area (TPSA) is 75.3 Å². The third-order valence-corrected chi connectivity index (χ3v) is 3.68. The summed E-state index contributed by atoms with van der Waals surface area (Å²) in [5.74, 6) is 2.21. The molecule has 130 valence electrons. The molecule has 2 aromatic rings. The van der Waals surface area contributed by atoms with Gasteiger partial charge in [0, 0.05) is 19.5 Å². The van der Waals surface area contributed by atoms with Gasteiger partial charge in [0.05, 0.1) is 6.54 Å². The van der Waals surface area contributed by atoms with Crippen molar-refractivity contribution in [2.24, 2.45) is 4.99 Å². The second-order valence-electron chi connectivity index (χ2n) is 5.58. The van der Waals surface area contributed by atoms with Gasteiger partial charge in [0.2, 0.25) is 5.89 Å². The summed E-state index contributed by atoms with van der Waals surface area (Å²) in [7, 11) is 0. The van der Waals surface area contributed by atoms with E-state index in [1.54, 1.807) is 0 Å². The first-order valence-corrected chi connectivity index (χ1v) is 8.61. The fraction of sp³-hybridized carbons (Fsp3) is 0.500. The molecule has 1 aromatic carbocycles. The van der Waals surface area contributed by atoms with Crippen molar-refractivity contribution in [2.45, 2.75) is 46.6 Å². The fourth-order valence-corrected chi connectivity index (χ4v) is 2.45. The van der Waals surface area contributed by atoms with Crippen molar-refractivity contribution in [1.29, 1.82) is 0 Å². The zero-order valence-corrected chi connectivity index (χ0v) is 14.8. The first kappa shape index (κ1) is 18.0. The van der Waals surface area contributed by atoms with Gasteiger partial charge in [-0.05, 0) is 37.8 Å². The number of rotatable bonds is 8. The molecule has 0 fully saturated rings. The van der Waals surface area contributed by atoms with Crippen molar-refractivity contribution in [1.82, 2.24) is 20.8 Å². The molecule has 0 bridgehead atoms. The molecule has 0 unspecified atom stereocenters. The van der Waals surface area contributed by atoms with Crippen LogP contribution in [0.2, 0.25) is 0 Å². The lowest BCUT2D eigenvalue weighted by atomic mass is 10.1. The van der Waals surface area contributed by atoms with Crippen LogP contribution >= 0.6 is 0 Å². The van der Waals surface area contributed by atoms with Gasteiger partial charge in [-0.15, -0.1) is 0 Å². The maximum absolute atomic E-state index is 5.11. The Morgan fingerprint density at radius 2 is 1.96 bits per heavy atom. The van der Waals surface area contributed by atoms with E-state index in [1.807, 2.05) is 6.92 Å². The molecule has 0 aliphatic heterocycles. The van der Waals surface area contributed by atoms with Crippen LogP contribution in [0, 0.1) is 6.92 Å². The zero-order chi connectivity index (χ0) is 17.2. The number of hydrogen-bond acceptors (Lipinski definition) is 4. The lowest BCUT2D eigenvalue weighted by Gasteiger charge is -2.11. The van der Waals surface area contributed by atoms with Crippen molar-refractivity contribution in [3.05, 3.63) is 47.1 Å². The summed E-state index contributed by atoms with van der Waals surface area (Å²) in [6, 6.07) is 8.45. The first-order chi connectivity index (χ1) is 11.7. The summed E-state index contributed by atoms with van der Waals surface area (Å²) in [4.78, 5) is 8.89. The Labute approximate surface area is 143 Å². The van der Waals surface area contributed by atoms with Crippen LogP contribution in [0.5, 0.6) is 0 Å². The second-order valence-corrected chi connectivity index (χ2v) is 5.58. The highest BCUT2D eigenvalue weighted by Gasteiger charge is 2.03. The monoisotopic (exact) mass is 329 g/mol. The number of aromatic nitrogens is 2. The van der Waals surface area contributed by atoms with Gasteiger partial charge >= 0.3 is 0 Å². The highest BCUT2D eigenvalue weighted by molar-refractivity contribution is 5.79. The molecule has 1 aromatic heterocycles. The van der Waals surface area contributed by atoms with E-state index in [0.717, 1.165) is 38.3 Å². The van der Waals surface area contributed by atoms with E-state index in [2.05, 4.69) is 63.9 Å². The van der Waals surface area contributed by atoms with Crippen LogP contribution in [0.3, 0.4) is 0 Å². The van der Waals surface area contributed by atoms with Crippen molar-refractivity contribution in [3.63, 3.8) is 0 Å². The molecule has 0 spiro atoms. The van der Waals surface area contributed by atoms with Gasteiger partial charge in [0.1, 0.15) is 0 Å². The van der Waals surface area contributed by atoms with Gasteiger partial charge in [0.15, 0.2) is 11.8 Å². The molecule has 1 heterocycles. The molecular weight excluding hydrogens is 302 g/mol. The van der Waals surface area contributed by atoms with Crippen LogP contribution in [-0.2, 0) is 19.4 Å². The van der Waals surface area contributed by atoms with E-state index in [9.17, 15) is 0 Å². The Bertz CT molecular complexity index is 650. The van der Waals surface area contributed by atoms with E-state index < -0.39 is 0 Å². The van der Waals surface area contributed by atoms with Crippen LogP contribution in [0.1, 0.15) is 43.1 Å². The van der Waals surface area contributed by atoms with Gasteiger partial charge in [-0.2, -0.15) is 4.98 Å². The summed E-state index contributed by atoms with van der Waals surface area (Å²) >= 11 is 0. The summed E-state index contributed by atoms with van der Waals surface area (Å²) in [6.45, 7) is 8.40. The number of benzene rings is 1. The standard InChI is InChI=1S/C18H27N5O/c1-4-15-9-6-7-10-16(15)13-21-18(19-5-2)20-12-8-11-17-22-14(3)23-24-17/h6-7,9-10H,4-5,8,11-13H2,1-3H3,(H2,19,20,21). The van der Waals surface area contributed by atoms with Gasteiger partial charge in [-0.25, -0.2) is 4.99 Å². The maximum atomic E-state index is 5.11. The Kier molecular flexibility index (Phi) is 7.26. The molecular formula is C18H27N5O. The third kappa shape index (κ3) is 5.68. The molecule has 2 rings (SSSR count). The highest BCUT2D eigenvalue weighted by Crippen LogP contribution is 2.10. The molecule has 6 heteroatoms. The summed E-state index contributed by atoms with van der Waals surface area (Å²) in [5, 5.41) is 10.4. The minimum atomic E-state index is 0.683. The molecule has 0 aliphatic rings. The minimum absolute atomic E-state index is 0.683. The number of nitrogens with zero attached hydrogens (tertiary/aromatic N) is 3. The molecule has 0 atom stereocenters. The number of hydrogen-bond donors (Lipinski definition) is 2. The van der Waals surface area contributed by atoms with Crippen LogP contribution < -0.4 is 10.6 Å². The van der Waals surface area contributed by atoms with E-state index in [0.29, 0.717) is 18.3 Å². The van der Waals surface area contributed by atoms with Crippen molar-refractivity contribution >= 4 is 5.96 Å². The molecule has 2 N–H and O–H groups in total. The molecule has 0 saturated carbocycles. The van der Waals surface area contributed by atoms with Crippen molar-refractivity contribution in [2.75, 3.05) is 13.1 Å². The van der Waals surface area contributed by atoms with Gasteiger partial charge in [0.25, 0.3) is 0 Å². The summed E-state index contributed by atoms with van der Waals surface area (Å²) < 4.78 is 5.11. The Balaban J connectivity index is 1.84. The van der Waals surface area contributed by atoms with Crippen molar-refractivity contribution < 1.29 is 4.52 Å². The number of nitrogens with one attached hydrogen (secondary N) is 2. The quantitative estimate of drug-likeness (QED) is 0.442. The van der Waals surface area contributed by atoms with Crippen LogP contribution in [-0.4, -0.2) is 29.2 Å². The Morgan fingerprint density at radius 3 is 2.62 bits per heavy atom. The number of aryl methyl sites for hydroxylation is 3. The largest absolute Gasteiger partial charge is 0.357 e. The summed E-state index contributed by atoms with van der Waals surface area (Å²) in [5.41, 5.74) is 2.63. The highest BCUT2D eigenvalue weighted by atomic mass is 16.5. The van der Waals surface area contributed by atoms with E-state index in [1.165, 1.54) is 11.1 Å². The number of aliphatic imine (C=N–C) groups is 1. The normalized spacial score (nSPS) is 11.5. The average Bonchev–Trinajstić information content (AvgIpc) is 3.02. The Hall–Kier alpha value is -2.37. The lowest BCUT2D eigenvalue weighted by Crippen LogP contribution is -2.37. The van der Waals surface area contributed by atoms with Crippen molar-refractivity contribution in [3.8, 4) is 0 Å². The van der Waals surface area contributed by atoms with Crippen LogP contribution in [0.15, 0.2) is 33.8 Å². The van der Waals surface area contributed by atoms with Gasteiger partial charge in [-0.3, -0.25) is 0 Å². The average molecular weight is 329 g/mol. The molecule has 6 nitrogen and oxygen atoms in total. The molecule has 0 amide bonds. The zero-order valence-electron chi connectivity index (χ0n) is 14.8. The molecule has 0 radical (unpaired) electrons. The van der Waals surface area contributed by atoms with E-state index in [-0.39, 0.29) is 0 Å². The molecule has 0 saturated heterocycles. The maximum Gasteiger partial charge on any atom is 0.226 e. The van der Waals surface area contributed by atoms with Gasteiger partial charge < -0.3 is 15.2 Å².